The summed E-state index contributed by atoms with van der Waals surface area (Å²) in [6.45, 7) is 0. The molecule has 0 bridgehead atoms. The zero-order valence-electron chi connectivity index (χ0n) is 16.3. The Morgan fingerprint density at radius 2 is 1.90 bits per heavy atom. The molecule has 3 N–H and O–H groups in total. The first-order valence-corrected chi connectivity index (χ1v) is 11.8. The molecule has 1 unspecified atom stereocenters. The van der Waals surface area contributed by atoms with Gasteiger partial charge in [0, 0.05) is 0 Å². The summed E-state index contributed by atoms with van der Waals surface area (Å²) in [5, 5.41) is 17.8. The Labute approximate surface area is 182 Å². The van der Waals surface area contributed by atoms with Gasteiger partial charge in [-0.3, -0.25) is 5.32 Å². The summed E-state index contributed by atoms with van der Waals surface area (Å²) in [5.74, 6) is 0. The number of urea groups is 1. The number of nitrogens with zero attached hydrogens (tertiary/aromatic N) is 2. The molecule has 4 aromatic rings. The smallest absolute Gasteiger partial charge is 0.321 e. The molecule has 5 rings (SSSR count). The van der Waals surface area contributed by atoms with E-state index >= 15 is 0 Å². The summed E-state index contributed by atoms with van der Waals surface area (Å²) in [7, 11) is 0. The monoisotopic (exact) mass is 438 g/mol. The first-order chi connectivity index (χ1) is 14.6. The number of aromatic nitrogens is 2. The summed E-state index contributed by atoms with van der Waals surface area (Å²) >= 11 is 3.00. The molecule has 154 valence electrons. The van der Waals surface area contributed by atoms with Gasteiger partial charge in [0.05, 0.1) is 32.1 Å². The highest BCUT2D eigenvalue weighted by Crippen LogP contribution is 2.39. The number of thiazole rings is 2. The minimum Gasteiger partial charge on any atom is -0.387 e. The molecule has 30 heavy (non-hydrogen) atoms. The molecule has 0 radical (unpaired) electrons. The second kappa shape index (κ2) is 7.94. The second-order valence-corrected chi connectivity index (χ2v) is 9.62. The summed E-state index contributed by atoms with van der Waals surface area (Å²) < 4.78 is 2.07. The van der Waals surface area contributed by atoms with Gasteiger partial charge in [0.25, 0.3) is 0 Å². The number of hydrogen-bond acceptors (Lipinski definition) is 6. The van der Waals surface area contributed by atoms with Crippen LogP contribution in [0.1, 0.15) is 43.7 Å². The van der Waals surface area contributed by atoms with Gasteiger partial charge in [-0.05, 0) is 30.5 Å². The first-order valence-electron chi connectivity index (χ1n) is 10.1. The van der Waals surface area contributed by atoms with Crippen molar-refractivity contribution in [2.75, 3.05) is 5.32 Å². The number of amides is 2. The Hall–Kier alpha value is -2.55. The molecule has 0 spiro atoms. The third-order valence-electron chi connectivity index (χ3n) is 5.74. The summed E-state index contributed by atoms with van der Waals surface area (Å²) in [6, 6.07) is 12.8. The van der Waals surface area contributed by atoms with E-state index in [-0.39, 0.29) is 6.03 Å². The molecule has 2 heterocycles. The molecule has 0 saturated heterocycles. The summed E-state index contributed by atoms with van der Waals surface area (Å²) in [6.07, 6.45) is 4.40. The Bertz CT molecular complexity index is 1180. The largest absolute Gasteiger partial charge is 0.387 e. The lowest BCUT2D eigenvalue weighted by Crippen LogP contribution is -2.48. The Balaban J connectivity index is 1.39. The standard InChI is InChI=1S/C22H22N4O2S2/c27-20(26-21-24-15-9-10-16-17(18(15)30-21)23-13-29-16)25-19(14-7-3-1-4-8-14)22(28)11-5-2-6-12-22/h1,3-4,7-10,13,19,28H,2,5-6,11-12H2,(H2,24,25,26,27). The lowest BCUT2D eigenvalue weighted by atomic mass is 9.77. The van der Waals surface area contributed by atoms with Gasteiger partial charge < -0.3 is 10.4 Å². The molecule has 2 amide bonds. The summed E-state index contributed by atoms with van der Waals surface area (Å²) in [5.41, 5.74) is 3.52. The van der Waals surface area contributed by atoms with Crippen LogP contribution >= 0.6 is 22.7 Å². The minimum absolute atomic E-state index is 0.364. The van der Waals surface area contributed by atoms with Crippen molar-refractivity contribution in [3.63, 3.8) is 0 Å². The van der Waals surface area contributed by atoms with E-state index in [0.717, 1.165) is 45.3 Å². The number of carbonyl (C=O) groups is 1. The van der Waals surface area contributed by atoms with Crippen LogP contribution in [0.25, 0.3) is 20.4 Å². The van der Waals surface area contributed by atoms with Crippen LogP contribution in [0.15, 0.2) is 48.0 Å². The van der Waals surface area contributed by atoms with Crippen molar-refractivity contribution >= 4 is 54.3 Å². The molecule has 8 heteroatoms. The summed E-state index contributed by atoms with van der Waals surface area (Å²) in [4.78, 5) is 21.9. The molecular formula is C22H22N4O2S2. The SMILES string of the molecule is O=C(Nc1nc2ccc3scnc3c2s1)NC(c1ccccc1)C1(O)CCCCC1. The van der Waals surface area contributed by atoms with Crippen LogP contribution in [0.2, 0.25) is 0 Å². The molecule has 1 aliphatic carbocycles. The highest BCUT2D eigenvalue weighted by atomic mass is 32.1. The van der Waals surface area contributed by atoms with E-state index in [4.69, 9.17) is 0 Å². The quantitative estimate of drug-likeness (QED) is 0.395. The fourth-order valence-corrected chi connectivity index (χ4v) is 5.96. The number of nitrogens with one attached hydrogen (secondary N) is 2. The van der Waals surface area contributed by atoms with E-state index in [9.17, 15) is 9.90 Å². The Morgan fingerprint density at radius 3 is 2.70 bits per heavy atom. The van der Waals surface area contributed by atoms with Gasteiger partial charge in [0.15, 0.2) is 5.13 Å². The van der Waals surface area contributed by atoms with Crippen molar-refractivity contribution in [2.45, 2.75) is 43.7 Å². The van der Waals surface area contributed by atoms with Gasteiger partial charge in [-0.25, -0.2) is 14.8 Å². The number of rotatable bonds is 4. The van der Waals surface area contributed by atoms with Crippen molar-refractivity contribution < 1.29 is 9.90 Å². The van der Waals surface area contributed by atoms with Gasteiger partial charge in [-0.15, -0.1) is 11.3 Å². The van der Waals surface area contributed by atoms with Gasteiger partial charge in [0.2, 0.25) is 0 Å². The zero-order chi connectivity index (χ0) is 20.6. The Kier molecular flexibility index (Phi) is 5.14. The molecule has 1 aliphatic rings. The lowest BCUT2D eigenvalue weighted by molar-refractivity contribution is -0.0277. The number of carbonyl (C=O) groups excluding carboxylic acids is 1. The molecule has 1 fully saturated rings. The third-order valence-corrected chi connectivity index (χ3v) is 7.53. The number of fused-ring (bicyclic) bond motifs is 3. The van der Waals surface area contributed by atoms with Crippen molar-refractivity contribution in [1.29, 1.82) is 0 Å². The van der Waals surface area contributed by atoms with Gasteiger partial charge in [-0.2, -0.15) is 0 Å². The van der Waals surface area contributed by atoms with E-state index in [1.165, 1.54) is 11.3 Å². The number of anilines is 1. The van der Waals surface area contributed by atoms with Crippen LogP contribution in [-0.4, -0.2) is 26.7 Å². The van der Waals surface area contributed by atoms with Crippen molar-refractivity contribution in [2.24, 2.45) is 0 Å². The molecule has 0 aliphatic heterocycles. The molecule has 2 aromatic heterocycles. The topological polar surface area (TPSA) is 87.1 Å². The highest BCUT2D eigenvalue weighted by Gasteiger charge is 2.39. The van der Waals surface area contributed by atoms with Crippen LogP contribution in [0, 0.1) is 0 Å². The average molecular weight is 439 g/mol. The highest BCUT2D eigenvalue weighted by molar-refractivity contribution is 7.24. The van der Waals surface area contributed by atoms with E-state index in [1.54, 1.807) is 11.3 Å². The van der Waals surface area contributed by atoms with Crippen LogP contribution in [0.3, 0.4) is 0 Å². The second-order valence-electron chi connectivity index (χ2n) is 7.74. The molecule has 1 saturated carbocycles. The fraction of sp³-hybridized carbons (Fsp3) is 0.318. The minimum atomic E-state index is -0.947. The maximum atomic E-state index is 12.9. The van der Waals surface area contributed by atoms with Gasteiger partial charge in [-0.1, -0.05) is 60.9 Å². The van der Waals surface area contributed by atoms with E-state index < -0.39 is 11.6 Å². The number of benzene rings is 2. The molecule has 1 atom stereocenters. The van der Waals surface area contributed by atoms with Crippen molar-refractivity contribution in [3.05, 3.63) is 53.5 Å². The van der Waals surface area contributed by atoms with E-state index in [1.807, 2.05) is 48.0 Å². The predicted molar refractivity (Wildman–Crippen MR) is 122 cm³/mol. The van der Waals surface area contributed by atoms with Crippen LogP contribution < -0.4 is 10.6 Å². The fourth-order valence-electron chi connectivity index (χ4n) is 4.26. The first kappa shape index (κ1) is 19.4. The van der Waals surface area contributed by atoms with Crippen molar-refractivity contribution in [3.8, 4) is 0 Å². The number of hydrogen-bond donors (Lipinski definition) is 3. The zero-order valence-corrected chi connectivity index (χ0v) is 17.9. The molecular weight excluding hydrogens is 416 g/mol. The average Bonchev–Trinajstić information content (AvgIpc) is 3.39. The number of aliphatic hydroxyl groups is 1. The van der Waals surface area contributed by atoms with Gasteiger partial charge in [0.1, 0.15) is 5.52 Å². The Morgan fingerprint density at radius 1 is 1.10 bits per heavy atom. The van der Waals surface area contributed by atoms with Crippen LogP contribution in [0.5, 0.6) is 0 Å². The van der Waals surface area contributed by atoms with Crippen LogP contribution in [0.4, 0.5) is 9.93 Å². The lowest BCUT2D eigenvalue weighted by Gasteiger charge is -2.39. The van der Waals surface area contributed by atoms with E-state index in [0.29, 0.717) is 18.0 Å². The third kappa shape index (κ3) is 3.66. The normalized spacial score (nSPS) is 17.1. The molecule has 6 nitrogen and oxygen atoms in total. The van der Waals surface area contributed by atoms with Crippen LogP contribution in [-0.2, 0) is 0 Å². The van der Waals surface area contributed by atoms with Crippen molar-refractivity contribution in [1.82, 2.24) is 15.3 Å². The maximum Gasteiger partial charge on any atom is 0.321 e. The predicted octanol–water partition coefficient (Wildman–Crippen LogP) is 5.46. The maximum absolute atomic E-state index is 12.9. The van der Waals surface area contributed by atoms with E-state index in [2.05, 4.69) is 20.6 Å². The molecule has 2 aromatic carbocycles. The van der Waals surface area contributed by atoms with Gasteiger partial charge >= 0.3 is 6.03 Å².